The largest absolute Gasteiger partial charge is 0.308 e. The molecule has 4 heteroatoms. The molecule has 0 aromatic carbocycles. The second kappa shape index (κ2) is 5.83. The quantitative estimate of drug-likeness (QED) is 0.807. The maximum atomic E-state index is 5.93. The van der Waals surface area contributed by atoms with E-state index < -0.39 is 0 Å². The van der Waals surface area contributed by atoms with Crippen molar-refractivity contribution in [2.45, 2.75) is 52.1 Å². The van der Waals surface area contributed by atoms with Crippen molar-refractivity contribution in [1.29, 1.82) is 0 Å². The fraction of sp³-hybridized carbons (Fsp3) is 0.727. The van der Waals surface area contributed by atoms with Gasteiger partial charge in [0, 0.05) is 22.8 Å². The maximum Gasteiger partial charge on any atom is 0.107 e. The third-order valence-corrected chi connectivity index (χ3v) is 3.60. The summed E-state index contributed by atoms with van der Waals surface area (Å²) in [5.74, 6) is 0. The summed E-state index contributed by atoms with van der Waals surface area (Å²) in [6.07, 6.45) is 0.991. The Bertz CT molecular complexity index is 290. The first-order chi connectivity index (χ1) is 6.99. The Balaban J connectivity index is 2.36. The fourth-order valence-corrected chi connectivity index (χ4v) is 2.60. The van der Waals surface area contributed by atoms with Crippen LogP contribution in [0.4, 0.5) is 0 Å². The van der Waals surface area contributed by atoms with E-state index >= 15 is 0 Å². The molecule has 15 heavy (non-hydrogen) atoms. The van der Waals surface area contributed by atoms with Gasteiger partial charge in [-0.3, -0.25) is 0 Å². The molecular weight excluding hydrogens is 228 g/mol. The smallest absolute Gasteiger partial charge is 0.107 e. The van der Waals surface area contributed by atoms with E-state index in [1.54, 1.807) is 11.3 Å². The summed E-state index contributed by atoms with van der Waals surface area (Å²) in [6, 6.07) is 0.446. The maximum absolute atomic E-state index is 5.93. The van der Waals surface area contributed by atoms with Crippen molar-refractivity contribution in [3.05, 3.63) is 15.6 Å². The number of aromatic nitrogens is 1. The van der Waals surface area contributed by atoms with Gasteiger partial charge in [-0.15, -0.1) is 22.9 Å². The minimum atomic E-state index is 0.229. The zero-order valence-corrected chi connectivity index (χ0v) is 11.4. The molecule has 1 aromatic heterocycles. The summed E-state index contributed by atoms with van der Waals surface area (Å²) in [7, 11) is 0. The molecule has 1 heterocycles. The topological polar surface area (TPSA) is 24.9 Å². The standard InChI is InChI=1S/C11H19ClN2S/c1-7(12)5-8(2)13-6-11-14-9(3)10(4)15-11/h7-8,13H,5-6H2,1-4H3. The van der Waals surface area contributed by atoms with Crippen LogP contribution in [-0.4, -0.2) is 16.4 Å². The Kier molecular flexibility index (Phi) is 5.03. The normalized spacial score (nSPS) is 15.3. The summed E-state index contributed by atoms with van der Waals surface area (Å²) in [4.78, 5) is 5.79. The SMILES string of the molecule is Cc1nc(CNC(C)CC(C)Cl)sc1C. The first kappa shape index (κ1) is 12.9. The van der Waals surface area contributed by atoms with Gasteiger partial charge < -0.3 is 5.32 Å². The van der Waals surface area contributed by atoms with Crippen LogP contribution in [0.25, 0.3) is 0 Å². The lowest BCUT2D eigenvalue weighted by molar-refractivity contribution is 0.510. The van der Waals surface area contributed by atoms with Gasteiger partial charge in [0.1, 0.15) is 5.01 Å². The van der Waals surface area contributed by atoms with Crippen molar-refractivity contribution < 1.29 is 0 Å². The lowest BCUT2D eigenvalue weighted by atomic mass is 10.2. The number of thiazole rings is 1. The molecule has 0 spiro atoms. The summed E-state index contributed by atoms with van der Waals surface area (Å²) in [6.45, 7) is 9.20. The van der Waals surface area contributed by atoms with E-state index in [1.165, 1.54) is 9.88 Å². The van der Waals surface area contributed by atoms with Gasteiger partial charge in [0.2, 0.25) is 0 Å². The molecule has 0 saturated heterocycles. The summed E-state index contributed by atoms with van der Waals surface area (Å²) >= 11 is 7.70. The molecule has 2 unspecified atom stereocenters. The number of rotatable bonds is 5. The van der Waals surface area contributed by atoms with Gasteiger partial charge in [-0.05, 0) is 34.1 Å². The van der Waals surface area contributed by atoms with Gasteiger partial charge in [0.15, 0.2) is 0 Å². The fourth-order valence-electron chi connectivity index (χ4n) is 1.45. The molecule has 0 aliphatic carbocycles. The molecule has 1 rings (SSSR count). The molecule has 0 radical (unpaired) electrons. The number of halogens is 1. The number of hydrogen-bond donors (Lipinski definition) is 1. The van der Waals surface area contributed by atoms with Crippen LogP contribution in [0.1, 0.15) is 35.8 Å². The van der Waals surface area contributed by atoms with Crippen LogP contribution in [0.15, 0.2) is 0 Å². The lowest BCUT2D eigenvalue weighted by Gasteiger charge is -2.13. The Hall–Kier alpha value is -0.120. The first-order valence-electron chi connectivity index (χ1n) is 5.29. The van der Waals surface area contributed by atoms with Gasteiger partial charge in [-0.25, -0.2) is 4.98 Å². The average Bonchev–Trinajstić information content (AvgIpc) is 2.42. The Morgan fingerprint density at radius 2 is 2.07 bits per heavy atom. The van der Waals surface area contributed by atoms with Crippen molar-refractivity contribution in [2.24, 2.45) is 0 Å². The molecule has 2 nitrogen and oxygen atoms in total. The van der Waals surface area contributed by atoms with Crippen LogP contribution in [-0.2, 0) is 6.54 Å². The average molecular weight is 247 g/mol. The molecule has 0 saturated carbocycles. The van der Waals surface area contributed by atoms with Gasteiger partial charge in [-0.1, -0.05) is 0 Å². The van der Waals surface area contributed by atoms with Crippen molar-refractivity contribution >= 4 is 22.9 Å². The van der Waals surface area contributed by atoms with Crippen LogP contribution >= 0.6 is 22.9 Å². The summed E-state index contributed by atoms with van der Waals surface area (Å²) < 4.78 is 0. The van der Waals surface area contributed by atoms with Crippen LogP contribution < -0.4 is 5.32 Å². The molecule has 86 valence electrons. The molecule has 0 amide bonds. The zero-order chi connectivity index (χ0) is 11.4. The monoisotopic (exact) mass is 246 g/mol. The minimum Gasteiger partial charge on any atom is -0.308 e. The summed E-state index contributed by atoms with van der Waals surface area (Å²) in [5, 5.41) is 4.83. The van der Waals surface area contributed by atoms with Crippen molar-refractivity contribution in [2.75, 3.05) is 0 Å². The minimum absolute atomic E-state index is 0.229. The van der Waals surface area contributed by atoms with Crippen molar-refractivity contribution in [1.82, 2.24) is 10.3 Å². The predicted molar refractivity (Wildman–Crippen MR) is 67.8 cm³/mol. The summed E-state index contributed by atoms with van der Waals surface area (Å²) in [5.41, 5.74) is 1.15. The highest BCUT2D eigenvalue weighted by atomic mass is 35.5. The Morgan fingerprint density at radius 1 is 1.40 bits per heavy atom. The number of aryl methyl sites for hydroxylation is 2. The van der Waals surface area contributed by atoms with E-state index in [-0.39, 0.29) is 5.38 Å². The van der Waals surface area contributed by atoms with Gasteiger partial charge in [-0.2, -0.15) is 0 Å². The molecule has 0 aliphatic heterocycles. The number of nitrogens with one attached hydrogen (secondary N) is 1. The third kappa shape index (κ3) is 4.49. The van der Waals surface area contributed by atoms with E-state index in [0.29, 0.717) is 6.04 Å². The van der Waals surface area contributed by atoms with Crippen molar-refractivity contribution in [3.63, 3.8) is 0 Å². The molecule has 0 bridgehead atoms. The van der Waals surface area contributed by atoms with E-state index in [1.807, 2.05) is 6.92 Å². The molecule has 1 aromatic rings. The van der Waals surface area contributed by atoms with Crippen LogP contribution in [0.2, 0.25) is 0 Å². The van der Waals surface area contributed by atoms with Crippen LogP contribution in [0, 0.1) is 13.8 Å². The zero-order valence-electron chi connectivity index (χ0n) is 9.80. The molecule has 1 N–H and O–H groups in total. The van der Waals surface area contributed by atoms with Gasteiger partial charge in [0.05, 0.1) is 5.69 Å². The van der Waals surface area contributed by atoms with Gasteiger partial charge in [0.25, 0.3) is 0 Å². The third-order valence-electron chi connectivity index (χ3n) is 2.35. The van der Waals surface area contributed by atoms with E-state index in [2.05, 4.69) is 31.1 Å². The number of nitrogens with zero attached hydrogens (tertiary/aromatic N) is 1. The Morgan fingerprint density at radius 3 is 2.53 bits per heavy atom. The molecule has 0 fully saturated rings. The number of hydrogen-bond acceptors (Lipinski definition) is 3. The van der Waals surface area contributed by atoms with Crippen molar-refractivity contribution in [3.8, 4) is 0 Å². The first-order valence-corrected chi connectivity index (χ1v) is 6.54. The van der Waals surface area contributed by atoms with Crippen LogP contribution in [0.5, 0.6) is 0 Å². The van der Waals surface area contributed by atoms with E-state index in [9.17, 15) is 0 Å². The van der Waals surface area contributed by atoms with Crippen LogP contribution in [0.3, 0.4) is 0 Å². The highest BCUT2D eigenvalue weighted by Crippen LogP contribution is 2.16. The predicted octanol–water partition coefficient (Wildman–Crippen LogP) is 3.26. The van der Waals surface area contributed by atoms with E-state index in [4.69, 9.17) is 11.6 Å². The highest BCUT2D eigenvalue weighted by molar-refractivity contribution is 7.11. The number of alkyl halides is 1. The van der Waals surface area contributed by atoms with Gasteiger partial charge >= 0.3 is 0 Å². The molecule has 0 aliphatic rings. The second-order valence-corrected chi connectivity index (χ2v) is 6.08. The second-order valence-electron chi connectivity index (χ2n) is 4.05. The highest BCUT2D eigenvalue weighted by Gasteiger charge is 2.08. The molecule has 2 atom stereocenters. The van der Waals surface area contributed by atoms with E-state index in [0.717, 1.165) is 18.7 Å². The Labute approximate surface area is 101 Å². The lowest BCUT2D eigenvalue weighted by Crippen LogP contribution is -2.27. The molecular formula is C11H19ClN2S.